The van der Waals surface area contributed by atoms with Crippen LogP contribution in [0.1, 0.15) is 23.6 Å². The summed E-state index contributed by atoms with van der Waals surface area (Å²) < 4.78 is 0. The second-order valence-corrected chi connectivity index (χ2v) is 3.09. The molecule has 1 rings (SSSR count). The molecule has 0 saturated heterocycles. The molecule has 0 atom stereocenters. The van der Waals surface area contributed by atoms with E-state index in [2.05, 4.69) is 0 Å². The van der Waals surface area contributed by atoms with Crippen LogP contribution in [0.15, 0.2) is 12.1 Å². The molecule has 3 N–H and O–H groups in total. The van der Waals surface area contributed by atoms with Gasteiger partial charge in [-0.3, -0.25) is 0 Å². The van der Waals surface area contributed by atoms with Gasteiger partial charge < -0.3 is 11.1 Å². The van der Waals surface area contributed by atoms with Crippen molar-refractivity contribution in [1.29, 1.82) is 5.41 Å². The highest BCUT2D eigenvalue weighted by atomic mass is 14.6. The Kier molecular flexibility index (Phi) is 2.18. The van der Waals surface area contributed by atoms with E-state index in [1.165, 1.54) is 5.56 Å². The van der Waals surface area contributed by atoms with E-state index in [1.54, 1.807) is 6.92 Å². The third-order valence-electron chi connectivity index (χ3n) is 2.19. The Morgan fingerprint density at radius 1 is 1.33 bits per heavy atom. The second-order valence-electron chi connectivity index (χ2n) is 3.09. The van der Waals surface area contributed by atoms with Crippen molar-refractivity contribution in [2.24, 2.45) is 0 Å². The molecule has 2 nitrogen and oxygen atoms in total. The van der Waals surface area contributed by atoms with Gasteiger partial charge in [-0.2, -0.15) is 0 Å². The van der Waals surface area contributed by atoms with Gasteiger partial charge in [-0.15, -0.1) is 0 Å². The lowest BCUT2D eigenvalue weighted by Crippen LogP contribution is -2.02. The highest BCUT2D eigenvalue weighted by Crippen LogP contribution is 2.20. The number of nitrogens with one attached hydrogen (secondary N) is 1. The Labute approximate surface area is 72.9 Å². The molecule has 0 unspecified atom stereocenters. The minimum atomic E-state index is 0.524. The van der Waals surface area contributed by atoms with Gasteiger partial charge in [0.15, 0.2) is 0 Å². The maximum absolute atomic E-state index is 7.46. The molecule has 12 heavy (non-hydrogen) atoms. The fourth-order valence-corrected chi connectivity index (χ4v) is 1.16. The van der Waals surface area contributed by atoms with Crippen molar-refractivity contribution in [3.8, 4) is 0 Å². The summed E-state index contributed by atoms with van der Waals surface area (Å²) in [6, 6.07) is 3.90. The molecule has 0 heterocycles. The summed E-state index contributed by atoms with van der Waals surface area (Å²) in [5.74, 6) is 0. The number of aryl methyl sites for hydroxylation is 1. The molecular weight excluding hydrogens is 148 g/mol. The number of hydrogen-bond donors (Lipinski definition) is 2. The van der Waals surface area contributed by atoms with Gasteiger partial charge in [0.25, 0.3) is 0 Å². The van der Waals surface area contributed by atoms with Crippen LogP contribution in [0.4, 0.5) is 5.69 Å². The van der Waals surface area contributed by atoms with Crippen LogP contribution in [-0.4, -0.2) is 5.71 Å². The zero-order valence-electron chi connectivity index (χ0n) is 7.73. The van der Waals surface area contributed by atoms with Crippen LogP contribution in [-0.2, 0) is 0 Å². The van der Waals surface area contributed by atoms with Gasteiger partial charge in [0.05, 0.1) is 0 Å². The molecular formula is C10H14N2. The smallest absolute Gasteiger partial charge is 0.0438 e. The number of rotatable bonds is 1. The normalized spacial score (nSPS) is 9.92. The Morgan fingerprint density at radius 2 is 1.92 bits per heavy atom. The Balaban J connectivity index is 3.36. The molecule has 0 aliphatic heterocycles. The molecule has 0 radical (unpaired) electrons. The molecule has 1 aromatic carbocycles. The third-order valence-corrected chi connectivity index (χ3v) is 2.19. The van der Waals surface area contributed by atoms with Crippen LogP contribution in [0, 0.1) is 19.3 Å². The van der Waals surface area contributed by atoms with E-state index in [9.17, 15) is 0 Å². The number of nitrogens with two attached hydrogens (primary N) is 1. The van der Waals surface area contributed by atoms with E-state index >= 15 is 0 Å². The highest BCUT2D eigenvalue weighted by molar-refractivity contribution is 6.01. The zero-order valence-corrected chi connectivity index (χ0v) is 7.73. The highest BCUT2D eigenvalue weighted by Gasteiger charge is 2.04. The first-order valence-electron chi connectivity index (χ1n) is 3.95. The SMILES string of the molecule is CC(=N)c1ccc(C)c(C)c1N. The van der Waals surface area contributed by atoms with Gasteiger partial charge in [-0.05, 0) is 31.9 Å². The standard InChI is InChI=1S/C10H14N2/c1-6-4-5-9(8(3)11)10(12)7(6)2/h4-5,11H,12H2,1-3H3. The number of anilines is 1. The molecule has 2 heteroatoms. The molecule has 0 aliphatic rings. The van der Waals surface area contributed by atoms with Crippen LogP contribution in [0.2, 0.25) is 0 Å². The Morgan fingerprint density at radius 3 is 2.42 bits per heavy atom. The van der Waals surface area contributed by atoms with Crippen molar-refractivity contribution in [2.75, 3.05) is 5.73 Å². The van der Waals surface area contributed by atoms with E-state index < -0.39 is 0 Å². The molecule has 0 aliphatic carbocycles. The summed E-state index contributed by atoms with van der Waals surface area (Å²) in [5.41, 5.74) is 10.2. The van der Waals surface area contributed by atoms with Gasteiger partial charge in [-0.25, -0.2) is 0 Å². The lowest BCUT2D eigenvalue weighted by atomic mass is 10.0. The molecule has 0 bridgehead atoms. The van der Waals surface area contributed by atoms with Crippen LogP contribution in [0.5, 0.6) is 0 Å². The van der Waals surface area contributed by atoms with E-state index in [-0.39, 0.29) is 0 Å². The number of benzene rings is 1. The van der Waals surface area contributed by atoms with Crippen molar-refractivity contribution in [2.45, 2.75) is 20.8 Å². The van der Waals surface area contributed by atoms with E-state index in [4.69, 9.17) is 11.1 Å². The summed E-state index contributed by atoms with van der Waals surface area (Å²) >= 11 is 0. The van der Waals surface area contributed by atoms with E-state index in [0.717, 1.165) is 16.8 Å². The molecule has 0 aromatic heterocycles. The van der Waals surface area contributed by atoms with Gasteiger partial charge >= 0.3 is 0 Å². The third kappa shape index (κ3) is 1.33. The molecule has 0 saturated carbocycles. The predicted molar refractivity (Wildman–Crippen MR) is 52.8 cm³/mol. The van der Waals surface area contributed by atoms with Crippen LogP contribution < -0.4 is 5.73 Å². The van der Waals surface area contributed by atoms with Crippen molar-refractivity contribution in [3.63, 3.8) is 0 Å². The van der Waals surface area contributed by atoms with Gasteiger partial charge in [-0.1, -0.05) is 12.1 Å². The summed E-state index contributed by atoms with van der Waals surface area (Å²) in [4.78, 5) is 0. The molecule has 1 aromatic rings. The monoisotopic (exact) mass is 162 g/mol. The van der Waals surface area contributed by atoms with Crippen molar-refractivity contribution < 1.29 is 0 Å². The number of hydrogen-bond acceptors (Lipinski definition) is 2. The summed E-state index contributed by atoms with van der Waals surface area (Å²) in [6.45, 7) is 5.76. The Bertz CT molecular complexity index is 327. The molecule has 0 spiro atoms. The first kappa shape index (κ1) is 8.78. The fraction of sp³-hybridized carbons (Fsp3) is 0.300. The molecule has 64 valence electrons. The second kappa shape index (κ2) is 2.97. The minimum absolute atomic E-state index is 0.524. The quantitative estimate of drug-likeness (QED) is 0.483. The van der Waals surface area contributed by atoms with E-state index in [0.29, 0.717) is 5.71 Å². The van der Waals surface area contributed by atoms with Crippen molar-refractivity contribution in [3.05, 3.63) is 28.8 Å². The lowest BCUT2D eigenvalue weighted by molar-refractivity contribution is 1.33. The first-order valence-corrected chi connectivity index (χ1v) is 3.95. The first-order chi connectivity index (χ1) is 5.54. The van der Waals surface area contributed by atoms with Gasteiger partial charge in [0.1, 0.15) is 0 Å². The summed E-state index contributed by atoms with van der Waals surface area (Å²) in [5, 5.41) is 7.46. The van der Waals surface area contributed by atoms with Crippen LogP contribution in [0.25, 0.3) is 0 Å². The van der Waals surface area contributed by atoms with Gasteiger partial charge in [0.2, 0.25) is 0 Å². The average Bonchev–Trinajstić information content (AvgIpc) is 2.00. The minimum Gasteiger partial charge on any atom is -0.398 e. The predicted octanol–water partition coefficient (Wildman–Crippen LogP) is 2.27. The van der Waals surface area contributed by atoms with Crippen molar-refractivity contribution in [1.82, 2.24) is 0 Å². The fourth-order valence-electron chi connectivity index (χ4n) is 1.16. The largest absolute Gasteiger partial charge is 0.398 e. The maximum Gasteiger partial charge on any atom is 0.0438 e. The zero-order chi connectivity index (χ0) is 9.30. The van der Waals surface area contributed by atoms with Crippen LogP contribution in [0.3, 0.4) is 0 Å². The lowest BCUT2D eigenvalue weighted by Gasteiger charge is -2.09. The van der Waals surface area contributed by atoms with E-state index in [1.807, 2.05) is 26.0 Å². The van der Waals surface area contributed by atoms with Crippen LogP contribution >= 0.6 is 0 Å². The van der Waals surface area contributed by atoms with Gasteiger partial charge in [0, 0.05) is 17.0 Å². The molecule has 0 fully saturated rings. The molecule has 0 amide bonds. The summed E-state index contributed by atoms with van der Waals surface area (Å²) in [6.07, 6.45) is 0. The Hall–Kier alpha value is -1.31. The van der Waals surface area contributed by atoms with Crippen molar-refractivity contribution >= 4 is 11.4 Å². The average molecular weight is 162 g/mol. The topological polar surface area (TPSA) is 49.9 Å². The number of nitrogen functional groups attached to an aromatic ring is 1. The maximum atomic E-state index is 7.46. The summed E-state index contributed by atoms with van der Waals surface area (Å²) in [7, 11) is 0.